The minimum atomic E-state index is -0.586. The summed E-state index contributed by atoms with van der Waals surface area (Å²) in [5.74, 6) is 1.15. The van der Waals surface area contributed by atoms with Crippen LogP contribution in [0.25, 0.3) is 33.7 Å². The van der Waals surface area contributed by atoms with Crippen LogP contribution in [0, 0.1) is 13.8 Å². The first kappa shape index (κ1) is 27.7. The first-order chi connectivity index (χ1) is 19.1. The molecule has 1 aromatic carbocycles. The third-order valence-corrected chi connectivity index (χ3v) is 6.62. The molecule has 1 fully saturated rings. The molecule has 40 heavy (non-hydrogen) atoms. The molecule has 3 aromatic heterocycles. The number of carbonyl (C=O) groups is 1. The molecule has 1 aliphatic heterocycles. The number of pyridine rings is 1. The number of hydrogen-bond acceptors (Lipinski definition) is 9. The lowest BCUT2D eigenvalue weighted by atomic mass is 10.0. The zero-order valence-corrected chi connectivity index (χ0v) is 23.9. The Hall–Kier alpha value is -3.83. The summed E-state index contributed by atoms with van der Waals surface area (Å²) in [6, 6.07) is 10.2. The van der Waals surface area contributed by atoms with Crippen molar-refractivity contribution in [1.82, 2.24) is 29.8 Å². The largest absolute Gasteiger partial charge is 0.444 e. The van der Waals surface area contributed by atoms with Crippen LogP contribution in [-0.2, 0) is 20.8 Å². The van der Waals surface area contributed by atoms with Gasteiger partial charge in [-0.2, -0.15) is 5.10 Å². The number of ether oxygens (including phenoxy) is 3. The molecule has 0 radical (unpaired) electrons. The first-order valence-electron chi connectivity index (χ1n) is 13.5. The van der Waals surface area contributed by atoms with Gasteiger partial charge in [0.25, 0.3) is 5.71 Å². The van der Waals surface area contributed by atoms with Gasteiger partial charge < -0.3 is 23.6 Å². The fraction of sp³-hybridized carbons (Fsp3) is 0.483. The lowest BCUT2D eigenvalue weighted by Gasteiger charge is -2.33. The van der Waals surface area contributed by atoms with E-state index < -0.39 is 11.7 Å². The summed E-state index contributed by atoms with van der Waals surface area (Å²) in [5.41, 5.74) is 4.24. The molecule has 0 spiro atoms. The van der Waals surface area contributed by atoms with Gasteiger partial charge in [-0.15, -0.1) is 0 Å². The fourth-order valence-corrected chi connectivity index (χ4v) is 4.65. The van der Waals surface area contributed by atoms with Gasteiger partial charge in [0.05, 0.1) is 29.9 Å². The third-order valence-electron chi connectivity index (χ3n) is 6.62. The van der Waals surface area contributed by atoms with Crippen LogP contribution in [0.5, 0.6) is 0 Å². The number of carbonyl (C=O) groups excluding carboxylic acids is 1. The minimum absolute atomic E-state index is 0.295. The van der Waals surface area contributed by atoms with Crippen LogP contribution in [0.3, 0.4) is 0 Å². The molecule has 4 aromatic rings. The number of aryl methyl sites for hydroxylation is 3. The first-order valence-corrected chi connectivity index (χ1v) is 13.5. The Morgan fingerprint density at radius 1 is 1.15 bits per heavy atom. The van der Waals surface area contributed by atoms with Crippen molar-refractivity contribution < 1.29 is 23.5 Å². The van der Waals surface area contributed by atoms with Crippen molar-refractivity contribution in [2.75, 3.05) is 33.4 Å². The van der Waals surface area contributed by atoms with Gasteiger partial charge in [-0.3, -0.25) is 0 Å². The number of fused-ring (bicyclic) bond motifs is 1. The molecule has 5 rings (SSSR count). The summed E-state index contributed by atoms with van der Waals surface area (Å²) in [6.45, 7) is 11.7. The summed E-state index contributed by atoms with van der Waals surface area (Å²) >= 11 is 0. The topological polar surface area (TPSA) is 118 Å². The van der Waals surface area contributed by atoms with Gasteiger partial charge in [0, 0.05) is 37.9 Å². The van der Waals surface area contributed by atoms with Crippen LogP contribution < -0.4 is 0 Å². The number of aromatic nitrogens is 5. The van der Waals surface area contributed by atoms with Crippen LogP contribution in [0.1, 0.15) is 50.4 Å². The van der Waals surface area contributed by atoms with E-state index in [2.05, 4.69) is 17.3 Å². The molecule has 1 amide bonds. The number of methoxy groups -OCH3 is 1. The maximum Gasteiger partial charge on any atom is 0.410 e. The Bertz CT molecular complexity index is 1490. The monoisotopic (exact) mass is 548 g/mol. The van der Waals surface area contributed by atoms with E-state index in [9.17, 15) is 4.79 Å². The Morgan fingerprint density at radius 3 is 2.65 bits per heavy atom. The quantitative estimate of drug-likeness (QED) is 0.290. The van der Waals surface area contributed by atoms with Crippen molar-refractivity contribution in [1.29, 1.82) is 0 Å². The van der Waals surface area contributed by atoms with Crippen molar-refractivity contribution in [3.05, 3.63) is 47.4 Å². The Morgan fingerprint density at radius 2 is 1.93 bits per heavy atom. The lowest BCUT2D eigenvalue weighted by Crippen LogP contribution is -2.44. The molecule has 1 atom stereocenters. The highest BCUT2D eigenvalue weighted by atomic mass is 16.6. The Labute approximate surface area is 233 Å². The van der Waals surface area contributed by atoms with E-state index in [1.165, 1.54) is 0 Å². The third kappa shape index (κ3) is 6.00. The van der Waals surface area contributed by atoms with Gasteiger partial charge in [-0.1, -0.05) is 35.0 Å². The van der Waals surface area contributed by atoms with E-state index in [0.29, 0.717) is 55.9 Å². The average molecular weight is 549 g/mol. The number of amides is 1. The molecule has 11 nitrogen and oxygen atoms in total. The fourth-order valence-electron chi connectivity index (χ4n) is 4.65. The molecule has 0 bridgehead atoms. The number of morpholine rings is 1. The molecule has 0 N–H and O–H groups in total. The second kappa shape index (κ2) is 11.3. The summed E-state index contributed by atoms with van der Waals surface area (Å²) in [5, 5.41) is 9.83. The summed E-state index contributed by atoms with van der Waals surface area (Å²) in [6.07, 6.45) is -0.135. The van der Waals surface area contributed by atoms with Gasteiger partial charge in [0.2, 0.25) is 0 Å². The van der Waals surface area contributed by atoms with Crippen LogP contribution in [-0.4, -0.2) is 74.9 Å². The number of hydrogen-bond donors (Lipinski definition) is 0. The normalized spacial score (nSPS) is 16.1. The molecule has 212 valence electrons. The highest BCUT2D eigenvalue weighted by Crippen LogP contribution is 2.34. The summed E-state index contributed by atoms with van der Waals surface area (Å²) in [4.78, 5) is 24.2. The maximum atomic E-state index is 12.8. The van der Waals surface area contributed by atoms with Gasteiger partial charge in [-0.25, -0.2) is 19.4 Å². The van der Waals surface area contributed by atoms with Crippen LogP contribution in [0.2, 0.25) is 0 Å². The summed E-state index contributed by atoms with van der Waals surface area (Å²) in [7, 11) is 1.68. The van der Waals surface area contributed by atoms with Gasteiger partial charge in [0.15, 0.2) is 11.6 Å². The van der Waals surface area contributed by atoms with Crippen LogP contribution in [0.4, 0.5) is 4.79 Å². The minimum Gasteiger partial charge on any atom is -0.444 e. The molecule has 11 heteroatoms. The SMILES string of the molecule is COCCCn1nc(C2CN(C(=O)OC(C)(C)C)CCO2)nc1-c1cc(-c2ccc(C)cc2)nc2onc(C)c12. The number of rotatable bonds is 7. The zero-order chi connectivity index (χ0) is 28.4. The average Bonchev–Trinajstić information content (AvgIpc) is 3.52. The van der Waals surface area contributed by atoms with Crippen molar-refractivity contribution in [3.8, 4) is 22.6 Å². The van der Waals surface area contributed by atoms with E-state index >= 15 is 0 Å². The highest BCUT2D eigenvalue weighted by Gasteiger charge is 2.32. The van der Waals surface area contributed by atoms with E-state index in [0.717, 1.165) is 34.2 Å². The van der Waals surface area contributed by atoms with Crippen LogP contribution >= 0.6 is 0 Å². The van der Waals surface area contributed by atoms with Gasteiger partial charge >= 0.3 is 6.09 Å². The number of nitrogens with zero attached hydrogens (tertiary/aromatic N) is 6. The maximum absolute atomic E-state index is 12.8. The molecule has 0 aliphatic carbocycles. The Kier molecular flexibility index (Phi) is 7.86. The lowest BCUT2D eigenvalue weighted by molar-refractivity contribution is -0.0462. The predicted molar refractivity (Wildman–Crippen MR) is 149 cm³/mol. The van der Waals surface area contributed by atoms with Crippen molar-refractivity contribution in [2.45, 2.75) is 59.3 Å². The Balaban J connectivity index is 1.56. The standard InChI is InChI=1S/C29H36N6O5/c1-18-8-10-20(11-9-18)22-16-21(24-19(2)33-40-27(24)30-22)26-31-25(32-35(26)12-7-14-37-6)23-17-34(13-15-38-23)28(36)39-29(3,4)5/h8-11,16,23H,7,12-15,17H2,1-6H3. The second-order valence-corrected chi connectivity index (χ2v) is 11.0. The molecular formula is C29H36N6O5. The van der Waals surface area contributed by atoms with E-state index in [-0.39, 0.29) is 6.09 Å². The van der Waals surface area contributed by atoms with E-state index in [4.69, 9.17) is 33.8 Å². The molecule has 1 saturated heterocycles. The predicted octanol–water partition coefficient (Wildman–Crippen LogP) is 5.11. The molecule has 1 unspecified atom stereocenters. The van der Waals surface area contributed by atoms with Crippen LogP contribution in [0.15, 0.2) is 34.9 Å². The molecule has 4 heterocycles. The van der Waals surface area contributed by atoms with E-state index in [1.54, 1.807) is 12.0 Å². The number of benzene rings is 1. The smallest absolute Gasteiger partial charge is 0.410 e. The van der Waals surface area contributed by atoms with Crippen molar-refractivity contribution >= 4 is 17.2 Å². The molecule has 1 aliphatic rings. The highest BCUT2D eigenvalue weighted by molar-refractivity contribution is 5.94. The molecule has 0 saturated carbocycles. The van der Waals surface area contributed by atoms with Gasteiger partial charge in [0.1, 0.15) is 11.7 Å². The molecular weight excluding hydrogens is 512 g/mol. The second-order valence-electron chi connectivity index (χ2n) is 11.0. The zero-order valence-electron chi connectivity index (χ0n) is 23.9. The summed E-state index contributed by atoms with van der Waals surface area (Å²) < 4.78 is 24.4. The van der Waals surface area contributed by atoms with Crippen molar-refractivity contribution in [2.24, 2.45) is 0 Å². The van der Waals surface area contributed by atoms with Gasteiger partial charge in [-0.05, 0) is 47.1 Å². The van der Waals surface area contributed by atoms with Crippen molar-refractivity contribution in [3.63, 3.8) is 0 Å². The van der Waals surface area contributed by atoms with E-state index in [1.807, 2.05) is 57.5 Å².